The van der Waals surface area contributed by atoms with Gasteiger partial charge >= 0.3 is 6.03 Å². The van der Waals surface area contributed by atoms with Gasteiger partial charge in [-0.2, -0.15) is 5.10 Å². The maximum atomic E-state index is 11.2. The number of aromatic nitrogens is 1. The first kappa shape index (κ1) is 11.2. The zero-order valence-electron chi connectivity index (χ0n) is 8.84. The summed E-state index contributed by atoms with van der Waals surface area (Å²) in [5.74, 6) is 0. The number of carbonyl (C=O) groups excluding carboxylic acids is 1. The number of nitrogens with zero attached hydrogens (tertiary/aromatic N) is 3. The van der Waals surface area contributed by atoms with E-state index in [1.807, 2.05) is 19.1 Å². The van der Waals surface area contributed by atoms with Crippen LogP contribution in [0.1, 0.15) is 12.5 Å². The molecule has 0 radical (unpaired) electrons. The molecular formula is C10H14N4O. The number of carbonyl (C=O) groups is 1. The summed E-state index contributed by atoms with van der Waals surface area (Å²) in [4.78, 5) is 15.2. The molecule has 0 atom stereocenters. The van der Waals surface area contributed by atoms with Crippen molar-refractivity contribution in [2.75, 3.05) is 13.6 Å². The summed E-state index contributed by atoms with van der Waals surface area (Å²) in [6.07, 6.45) is 4.95. The summed E-state index contributed by atoms with van der Waals surface area (Å²) in [7, 11) is 1.60. The van der Waals surface area contributed by atoms with Crippen molar-refractivity contribution >= 4 is 12.2 Å². The Balaban J connectivity index is 2.54. The second-order valence-electron chi connectivity index (χ2n) is 2.89. The van der Waals surface area contributed by atoms with Crippen LogP contribution in [0.2, 0.25) is 0 Å². The summed E-state index contributed by atoms with van der Waals surface area (Å²) in [5.41, 5.74) is 0.855. The van der Waals surface area contributed by atoms with Crippen LogP contribution >= 0.6 is 0 Å². The standard InChI is InChI=1S/C10H14N4O/c1-3-12-10(15)14(2)13-8-9-5-4-6-11-7-9/h4-8H,3H2,1-2H3,(H,12,15)/b13-8+. The molecule has 2 amide bonds. The number of hydrogen-bond donors (Lipinski definition) is 1. The Kier molecular flexibility index (Phi) is 4.28. The molecule has 0 saturated carbocycles. The van der Waals surface area contributed by atoms with Gasteiger partial charge in [0.1, 0.15) is 0 Å². The largest absolute Gasteiger partial charge is 0.337 e. The Bertz CT molecular complexity index is 337. The highest BCUT2D eigenvalue weighted by atomic mass is 16.2. The third-order valence-electron chi connectivity index (χ3n) is 1.69. The first-order valence-corrected chi connectivity index (χ1v) is 4.69. The second-order valence-corrected chi connectivity index (χ2v) is 2.89. The van der Waals surface area contributed by atoms with Crippen molar-refractivity contribution in [1.29, 1.82) is 0 Å². The number of amides is 2. The Morgan fingerprint density at radius 1 is 1.73 bits per heavy atom. The Hall–Kier alpha value is -1.91. The van der Waals surface area contributed by atoms with Crippen molar-refractivity contribution < 1.29 is 4.79 Å². The molecule has 80 valence electrons. The van der Waals surface area contributed by atoms with Crippen LogP contribution in [-0.4, -0.2) is 35.8 Å². The lowest BCUT2D eigenvalue weighted by atomic mass is 10.3. The molecule has 0 aliphatic rings. The quantitative estimate of drug-likeness (QED) is 0.594. The van der Waals surface area contributed by atoms with Crippen LogP contribution < -0.4 is 5.32 Å². The number of hydrazone groups is 1. The van der Waals surface area contributed by atoms with Crippen LogP contribution in [-0.2, 0) is 0 Å². The van der Waals surface area contributed by atoms with E-state index in [1.165, 1.54) is 5.01 Å². The molecule has 0 bridgehead atoms. The average Bonchev–Trinajstić information content (AvgIpc) is 2.27. The second kappa shape index (κ2) is 5.74. The van der Waals surface area contributed by atoms with Gasteiger partial charge in [0.05, 0.1) is 6.21 Å². The Morgan fingerprint density at radius 3 is 3.13 bits per heavy atom. The average molecular weight is 206 g/mol. The van der Waals surface area contributed by atoms with E-state index in [4.69, 9.17) is 0 Å². The van der Waals surface area contributed by atoms with E-state index in [0.29, 0.717) is 6.54 Å². The lowest BCUT2D eigenvalue weighted by Crippen LogP contribution is -2.33. The van der Waals surface area contributed by atoms with E-state index in [9.17, 15) is 4.79 Å². The van der Waals surface area contributed by atoms with Gasteiger partial charge in [-0.25, -0.2) is 9.80 Å². The normalized spacial score (nSPS) is 10.3. The van der Waals surface area contributed by atoms with Crippen molar-refractivity contribution in [2.24, 2.45) is 5.10 Å². The predicted octanol–water partition coefficient (Wildman–Crippen LogP) is 1.08. The molecule has 0 fully saturated rings. The van der Waals surface area contributed by atoms with E-state index in [1.54, 1.807) is 25.7 Å². The predicted molar refractivity (Wildman–Crippen MR) is 58.7 cm³/mol. The molecule has 1 heterocycles. The molecule has 0 aromatic carbocycles. The van der Waals surface area contributed by atoms with E-state index in [-0.39, 0.29) is 6.03 Å². The van der Waals surface area contributed by atoms with Crippen LogP contribution in [0.3, 0.4) is 0 Å². The first-order valence-electron chi connectivity index (χ1n) is 4.69. The molecule has 0 unspecified atom stereocenters. The van der Waals surface area contributed by atoms with Gasteiger partial charge in [-0.1, -0.05) is 6.07 Å². The highest BCUT2D eigenvalue weighted by Crippen LogP contribution is 1.92. The molecular weight excluding hydrogens is 192 g/mol. The molecule has 0 spiro atoms. The third kappa shape index (κ3) is 3.76. The minimum Gasteiger partial charge on any atom is -0.337 e. The number of rotatable bonds is 3. The van der Waals surface area contributed by atoms with Gasteiger partial charge in [0.25, 0.3) is 0 Å². The Labute approximate surface area is 88.8 Å². The van der Waals surface area contributed by atoms with Gasteiger partial charge in [0, 0.05) is 31.5 Å². The van der Waals surface area contributed by atoms with E-state index in [0.717, 1.165) is 5.56 Å². The summed E-state index contributed by atoms with van der Waals surface area (Å²) in [6.45, 7) is 2.45. The fraction of sp³-hybridized carbons (Fsp3) is 0.300. The van der Waals surface area contributed by atoms with E-state index < -0.39 is 0 Å². The lowest BCUT2D eigenvalue weighted by Gasteiger charge is -2.10. The maximum absolute atomic E-state index is 11.2. The number of nitrogens with one attached hydrogen (secondary N) is 1. The highest BCUT2D eigenvalue weighted by Gasteiger charge is 2.02. The van der Waals surface area contributed by atoms with Crippen LogP contribution in [0.4, 0.5) is 4.79 Å². The van der Waals surface area contributed by atoms with Gasteiger partial charge in [-0.15, -0.1) is 0 Å². The van der Waals surface area contributed by atoms with Crippen LogP contribution in [0.25, 0.3) is 0 Å². The molecule has 0 aliphatic carbocycles. The fourth-order valence-corrected chi connectivity index (χ4v) is 0.924. The minimum absolute atomic E-state index is 0.224. The molecule has 0 aliphatic heterocycles. The number of pyridine rings is 1. The summed E-state index contributed by atoms with van der Waals surface area (Å²) in [6, 6.07) is 3.45. The first-order chi connectivity index (χ1) is 7.24. The Morgan fingerprint density at radius 2 is 2.53 bits per heavy atom. The van der Waals surface area contributed by atoms with Crippen LogP contribution in [0.15, 0.2) is 29.6 Å². The molecule has 0 saturated heterocycles. The van der Waals surface area contributed by atoms with Crippen LogP contribution in [0, 0.1) is 0 Å². The molecule has 5 heteroatoms. The van der Waals surface area contributed by atoms with E-state index in [2.05, 4.69) is 15.4 Å². The van der Waals surface area contributed by atoms with Crippen molar-refractivity contribution in [3.05, 3.63) is 30.1 Å². The SMILES string of the molecule is CCNC(=O)N(C)/N=C/c1cccnc1. The topological polar surface area (TPSA) is 57.6 Å². The molecule has 15 heavy (non-hydrogen) atoms. The van der Waals surface area contributed by atoms with Crippen molar-refractivity contribution in [3.8, 4) is 0 Å². The van der Waals surface area contributed by atoms with Gasteiger partial charge in [-0.3, -0.25) is 4.98 Å². The summed E-state index contributed by atoms with van der Waals surface area (Å²) in [5, 5.41) is 7.85. The molecule has 1 N–H and O–H groups in total. The fourth-order valence-electron chi connectivity index (χ4n) is 0.924. The van der Waals surface area contributed by atoms with Crippen molar-refractivity contribution in [3.63, 3.8) is 0 Å². The smallest absolute Gasteiger partial charge is 0.337 e. The van der Waals surface area contributed by atoms with Crippen molar-refractivity contribution in [1.82, 2.24) is 15.3 Å². The number of urea groups is 1. The number of hydrogen-bond acceptors (Lipinski definition) is 3. The zero-order valence-corrected chi connectivity index (χ0v) is 8.84. The van der Waals surface area contributed by atoms with Gasteiger partial charge < -0.3 is 5.32 Å². The van der Waals surface area contributed by atoms with Gasteiger partial charge in [0.2, 0.25) is 0 Å². The van der Waals surface area contributed by atoms with E-state index >= 15 is 0 Å². The monoisotopic (exact) mass is 206 g/mol. The third-order valence-corrected chi connectivity index (χ3v) is 1.69. The maximum Gasteiger partial charge on any atom is 0.337 e. The molecule has 1 aromatic heterocycles. The molecule has 5 nitrogen and oxygen atoms in total. The lowest BCUT2D eigenvalue weighted by molar-refractivity contribution is 0.211. The minimum atomic E-state index is -0.224. The van der Waals surface area contributed by atoms with Crippen molar-refractivity contribution in [2.45, 2.75) is 6.92 Å². The summed E-state index contributed by atoms with van der Waals surface area (Å²) >= 11 is 0. The molecule has 1 aromatic rings. The zero-order chi connectivity index (χ0) is 11.1. The van der Waals surface area contributed by atoms with Gasteiger partial charge in [-0.05, 0) is 13.0 Å². The summed E-state index contributed by atoms with van der Waals surface area (Å²) < 4.78 is 0. The van der Waals surface area contributed by atoms with Gasteiger partial charge in [0.15, 0.2) is 0 Å². The van der Waals surface area contributed by atoms with Crippen LogP contribution in [0.5, 0.6) is 0 Å². The highest BCUT2D eigenvalue weighted by molar-refractivity contribution is 5.81. The molecule has 1 rings (SSSR count).